The lowest BCUT2D eigenvalue weighted by Gasteiger charge is -2.33. The van der Waals surface area contributed by atoms with Gasteiger partial charge in [-0.1, -0.05) is 44.2 Å². The molecule has 0 radical (unpaired) electrons. The SMILES string of the molecule is CCC(C)CCN(C)CCCN1c2ccccc2Sc2ccc(C(F)(F)F)cc21. The molecule has 1 heterocycles. The predicted molar refractivity (Wildman–Crippen MR) is 115 cm³/mol. The zero-order chi connectivity index (χ0) is 21.0. The lowest BCUT2D eigenvalue weighted by Crippen LogP contribution is -2.28. The Bertz CT molecular complexity index is 822. The Morgan fingerprint density at radius 1 is 1.03 bits per heavy atom. The van der Waals surface area contributed by atoms with Crippen molar-refractivity contribution < 1.29 is 13.2 Å². The van der Waals surface area contributed by atoms with Gasteiger partial charge in [0.2, 0.25) is 0 Å². The molecular formula is C23H29F3N2S. The molecule has 1 atom stereocenters. The van der Waals surface area contributed by atoms with E-state index in [1.165, 1.54) is 36.7 Å². The summed E-state index contributed by atoms with van der Waals surface area (Å²) in [5, 5.41) is 0. The van der Waals surface area contributed by atoms with Gasteiger partial charge in [0.05, 0.1) is 16.9 Å². The summed E-state index contributed by atoms with van der Waals surface area (Å²) in [6.07, 6.45) is -1.08. The first-order chi connectivity index (χ1) is 13.8. The second-order valence-corrected chi connectivity index (χ2v) is 8.94. The standard InChI is InChI=1S/C23H29F3N2S/c1-4-17(2)12-15-27(3)13-7-14-28-19-8-5-6-9-21(19)29-22-11-10-18(16-20(22)28)23(24,25)26/h5-6,8-11,16-17H,4,7,12-15H2,1-3H3. The number of halogens is 3. The fourth-order valence-electron chi connectivity index (χ4n) is 3.50. The third kappa shape index (κ3) is 5.48. The van der Waals surface area contributed by atoms with Gasteiger partial charge in [-0.3, -0.25) is 0 Å². The molecule has 3 rings (SSSR count). The highest BCUT2D eigenvalue weighted by atomic mass is 32.2. The molecule has 2 nitrogen and oxygen atoms in total. The van der Waals surface area contributed by atoms with Crippen molar-refractivity contribution in [3.8, 4) is 0 Å². The Morgan fingerprint density at radius 3 is 2.48 bits per heavy atom. The molecule has 0 saturated heterocycles. The van der Waals surface area contributed by atoms with Crippen LogP contribution in [0.2, 0.25) is 0 Å². The summed E-state index contributed by atoms with van der Waals surface area (Å²) < 4.78 is 39.9. The van der Waals surface area contributed by atoms with Crippen LogP contribution in [0.4, 0.5) is 24.5 Å². The molecule has 0 bridgehead atoms. The monoisotopic (exact) mass is 422 g/mol. The van der Waals surface area contributed by atoms with Crippen LogP contribution in [0, 0.1) is 5.92 Å². The number of alkyl halides is 3. The van der Waals surface area contributed by atoms with E-state index in [0.29, 0.717) is 12.2 Å². The molecule has 1 aliphatic heterocycles. The smallest absolute Gasteiger partial charge is 0.340 e. The van der Waals surface area contributed by atoms with Gasteiger partial charge in [-0.25, -0.2) is 0 Å². The number of hydrogen-bond donors (Lipinski definition) is 0. The molecule has 2 aromatic carbocycles. The van der Waals surface area contributed by atoms with Crippen LogP contribution in [-0.2, 0) is 6.18 Å². The van der Waals surface area contributed by atoms with Crippen LogP contribution in [0.1, 0.15) is 38.7 Å². The average Bonchev–Trinajstić information content (AvgIpc) is 2.70. The van der Waals surface area contributed by atoms with Gasteiger partial charge in [0.15, 0.2) is 0 Å². The quantitative estimate of drug-likeness (QED) is 0.449. The summed E-state index contributed by atoms with van der Waals surface area (Å²) in [7, 11) is 2.12. The van der Waals surface area contributed by atoms with E-state index >= 15 is 0 Å². The van der Waals surface area contributed by atoms with Crippen molar-refractivity contribution in [1.82, 2.24) is 4.90 Å². The topological polar surface area (TPSA) is 6.48 Å². The van der Waals surface area contributed by atoms with Gasteiger partial charge in [-0.2, -0.15) is 13.2 Å². The molecule has 6 heteroatoms. The van der Waals surface area contributed by atoms with Crippen molar-refractivity contribution in [1.29, 1.82) is 0 Å². The first-order valence-electron chi connectivity index (χ1n) is 10.2. The maximum atomic E-state index is 13.3. The average molecular weight is 423 g/mol. The summed E-state index contributed by atoms with van der Waals surface area (Å²) in [6.45, 7) is 7.15. The summed E-state index contributed by atoms with van der Waals surface area (Å²) in [5.74, 6) is 0.719. The third-order valence-corrected chi connectivity index (χ3v) is 6.71. The highest BCUT2D eigenvalue weighted by Crippen LogP contribution is 2.49. The van der Waals surface area contributed by atoms with E-state index in [1.54, 1.807) is 6.07 Å². The Hall–Kier alpha value is -1.66. The summed E-state index contributed by atoms with van der Waals surface area (Å²) >= 11 is 1.54. The van der Waals surface area contributed by atoms with Gasteiger partial charge >= 0.3 is 6.18 Å². The van der Waals surface area contributed by atoms with Crippen LogP contribution in [0.5, 0.6) is 0 Å². The minimum Gasteiger partial charge on any atom is -0.340 e. The third-order valence-electron chi connectivity index (χ3n) is 5.58. The normalized spacial score (nSPS) is 14.7. The molecule has 2 aromatic rings. The molecule has 0 fully saturated rings. The van der Waals surface area contributed by atoms with E-state index in [9.17, 15) is 13.2 Å². The second kappa shape index (κ2) is 9.43. The van der Waals surface area contributed by atoms with Crippen LogP contribution < -0.4 is 4.90 Å². The highest BCUT2D eigenvalue weighted by molar-refractivity contribution is 7.99. The lowest BCUT2D eigenvalue weighted by atomic mass is 10.1. The summed E-state index contributed by atoms with van der Waals surface area (Å²) in [5.41, 5.74) is 1.06. The Labute approximate surface area is 176 Å². The first kappa shape index (κ1) is 22.0. The molecule has 0 amide bonds. The van der Waals surface area contributed by atoms with Crippen molar-refractivity contribution in [2.24, 2.45) is 5.92 Å². The second-order valence-electron chi connectivity index (χ2n) is 7.86. The molecule has 0 saturated carbocycles. The van der Waals surface area contributed by atoms with E-state index < -0.39 is 11.7 Å². The molecule has 1 aliphatic rings. The minimum absolute atomic E-state index is 0.591. The van der Waals surface area contributed by atoms with Crippen molar-refractivity contribution in [2.45, 2.75) is 49.1 Å². The van der Waals surface area contributed by atoms with E-state index in [-0.39, 0.29) is 0 Å². The van der Waals surface area contributed by atoms with E-state index in [0.717, 1.165) is 40.9 Å². The van der Waals surface area contributed by atoms with Gasteiger partial charge in [0, 0.05) is 16.3 Å². The number of nitrogens with zero attached hydrogens (tertiary/aromatic N) is 2. The fourth-order valence-corrected chi connectivity index (χ4v) is 4.58. The van der Waals surface area contributed by atoms with E-state index in [4.69, 9.17) is 0 Å². The molecule has 0 spiro atoms. The number of anilines is 2. The molecule has 158 valence electrons. The maximum absolute atomic E-state index is 13.3. The summed E-state index contributed by atoms with van der Waals surface area (Å²) in [6, 6.07) is 12.0. The minimum atomic E-state index is -4.33. The Kier molecular flexibility index (Phi) is 7.17. The van der Waals surface area contributed by atoms with Gasteiger partial charge in [-0.05, 0) is 69.2 Å². The first-order valence-corrected chi connectivity index (χ1v) is 11.1. The fraction of sp³-hybridized carbons (Fsp3) is 0.478. The zero-order valence-electron chi connectivity index (χ0n) is 17.3. The van der Waals surface area contributed by atoms with Crippen molar-refractivity contribution in [3.63, 3.8) is 0 Å². The largest absolute Gasteiger partial charge is 0.416 e. The van der Waals surface area contributed by atoms with E-state index in [2.05, 4.69) is 30.7 Å². The number of fused-ring (bicyclic) bond motifs is 2. The molecular weight excluding hydrogens is 393 g/mol. The van der Waals surface area contributed by atoms with Crippen LogP contribution in [0.25, 0.3) is 0 Å². The lowest BCUT2D eigenvalue weighted by molar-refractivity contribution is -0.137. The molecule has 1 unspecified atom stereocenters. The molecule has 29 heavy (non-hydrogen) atoms. The van der Waals surface area contributed by atoms with E-state index in [1.807, 2.05) is 24.3 Å². The Balaban J connectivity index is 1.75. The number of rotatable bonds is 8. The maximum Gasteiger partial charge on any atom is 0.416 e. The Morgan fingerprint density at radius 2 is 1.76 bits per heavy atom. The van der Waals surface area contributed by atoms with Crippen LogP contribution in [-0.4, -0.2) is 31.6 Å². The van der Waals surface area contributed by atoms with Crippen LogP contribution in [0.3, 0.4) is 0 Å². The molecule has 0 aliphatic carbocycles. The number of hydrogen-bond acceptors (Lipinski definition) is 3. The number of para-hydroxylation sites is 1. The molecule has 0 N–H and O–H groups in total. The van der Waals surface area contributed by atoms with Crippen LogP contribution >= 0.6 is 11.8 Å². The van der Waals surface area contributed by atoms with Gasteiger partial charge in [0.25, 0.3) is 0 Å². The van der Waals surface area contributed by atoms with Gasteiger partial charge in [-0.15, -0.1) is 0 Å². The predicted octanol–water partition coefficient (Wildman–Crippen LogP) is 7.07. The van der Waals surface area contributed by atoms with Gasteiger partial charge in [0.1, 0.15) is 0 Å². The van der Waals surface area contributed by atoms with Crippen molar-refractivity contribution in [2.75, 3.05) is 31.6 Å². The van der Waals surface area contributed by atoms with Gasteiger partial charge < -0.3 is 9.80 Å². The number of benzene rings is 2. The summed E-state index contributed by atoms with van der Waals surface area (Å²) in [4.78, 5) is 6.34. The molecule has 0 aromatic heterocycles. The van der Waals surface area contributed by atoms with Crippen molar-refractivity contribution >= 4 is 23.1 Å². The van der Waals surface area contributed by atoms with Crippen LogP contribution in [0.15, 0.2) is 52.3 Å². The van der Waals surface area contributed by atoms with Crippen molar-refractivity contribution in [3.05, 3.63) is 48.0 Å². The highest BCUT2D eigenvalue weighted by Gasteiger charge is 2.33. The zero-order valence-corrected chi connectivity index (χ0v) is 18.1.